The number of piperidine rings is 1. The van der Waals surface area contributed by atoms with Crippen molar-refractivity contribution in [3.8, 4) is 5.69 Å². The minimum atomic E-state index is -0.307. The van der Waals surface area contributed by atoms with Crippen LogP contribution in [0, 0.1) is 12.8 Å². The van der Waals surface area contributed by atoms with Crippen molar-refractivity contribution in [3.63, 3.8) is 0 Å². The number of hydrogen-bond donors (Lipinski definition) is 2. The number of benzene rings is 3. The van der Waals surface area contributed by atoms with Gasteiger partial charge in [0.2, 0.25) is 5.91 Å². The maximum absolute atomic E-state index is 13.5. The van der Waals surface area contributed by atoms with E-state index in [2.05, 4.69) is 67.5 Å². The molecule has 2 saturated heterocycles. The van der Waals surface area contributed by atoms with E-state index in [1.165, 1.54) is 11.1 Å². The monoisotopic (exact) mass is 603 g/mol. The molecule has 0 aliphatic carbocycles. The Labute approximate surface area is 267 Å². The predicted octanol–water partition coefficient (Wildman–Crippen LogP) is 8.24. The summed E-state index contributed by atoms with van der Waals surface area (Å²) in [5, 5.41) is 10.9. The highest BCUT2D eigenvalue weighted by Crippen LogP contribution is 2.41. The van der Waals surface area contributed by atoms with E-state index < -0.39 is 0 Å². The van der Waals surface area contributed by atoms with Gasteiger partial charge < -0.3 is 10.2 Å². The van der Waals surface area contributed by atoms with Crippen molar-refractivity contribution in [2.45, 2.75) is 90.1 Å². The average Bonchev–Trinajstić information content (AvgIpc) is 3.55. The van der Waals surface area contributed by atoms with Gasteiger partial charge in [0, 0.05) is 29.3 Å². The molecule has 3 amide bonds. The third-order valence-electron chi connectivity index (χ3n) is 9.46. The summed E-state index contributed by atoms with van der Waals surface area (Å²) in [7, 11) is 0. The molecule has 3 aromatic carbocycles. The number of nitrogens with one attached hydrogen (secondary N) is 2. The van der Waals surface area contributed by atoms with Gasteiger partial charge in [-0.1, -0.05) is 80.9 Å². The summed E-state index contributed by atoms with van der Waals surface area (Å²) >= 11 is 0. The molecule has 0 saturated carbocycles. The minimum Gasteiger partial charge on any atom is -0.336 e. The second-order valence-electron chi connectivity index (χ2n) is 14.0. The second-order valence-corrected chi connectivity index (χ2v) is 14.0. The van der Waals surface area contributed by atoms with Gasteiger partial charge in [0.1, 0.15) is 5.82 Å². The normalized spacial score (nSPS) is 20.1. The number of aryl methyl sites for hydroxylation is 1. The SMILES string of the molecule is Cc1ccc(-n2nc(C(C)(C)C)cc2NC(=O)Nc2cccc(CC3CC4CCC(C3)N4C(=O)C(C)c3ccccc3)c2)cc1. The molecule has 7 nitrogen and oxygen atoms in total. The lowest BCUT2D eigenvalue weighted by Gasteiger charge is -2.40. The minimum absolute atomic E-state index is 0.115. The third kappa shape index (κ3) is 6.82. The van der Waals surface area contributed by atoms with Gasteiger partial charge in [0.05, 0.1) is 17.3 Å². The molecule has 0 spiro atoms. The fourth-order valence-corrected chi connectivity index (χ4v) is 7.03. The van der Waals surface area contributed by atoms with Crippen LogP contribution in [0.25, 0.3) is 5.69 Å². The maximum atomic E-state index is 13.5. The Morgan fingerprint density at radius 2 is 1.58 bits per heavy atom. The highest BCUT2D eigenvalue weighted by molar-refractivity contribution is 5.99. The Morgan fingerprint density at radius 1 is 0.889 bits per heavy atom. The van der Waals surface area contributed by atoms with Crippen LogP contribution < -0.4 is 10.6 Å². The van der Waals surface area contributed by atoms with E-state index in [9.17, 15) is 9.59 Å². The van der Waals surface area contributed by atoms with Gasteiger partial charge in [-0.05, 0) is 87.3 Å². The molecule has 6 rings (SSSR count). The Morgan fingerprint density at radius 3 is 2.24 bits per heavy atom. The zero-order valence-corrected chi connectivity index (χ0v) is 27.1. The molecule has 2 bridgehead atoms. The van der Waals surface area contributed by atoms with E-state index in [4.69, 9.17) is 5.10 Å². The van der Waals surface area contributed by atoms with Crippen LogP contribution in [0.3, 0.4) is 0 Å². The van der Waals surface area contributed by atoms with Crippen LogP contribution in [-0.4, -0.2) is 38.7 Å². The number of aromatic nitrogens is 2. The Kier molecular flexibility index (Phi) is 8.54. The van der Waals surface area contributed by atoms with E-state index in [0.717, 1.165) is 54.7 Å². The lowest BCUT2D eigenvalue weighted by molar-refractivity contribution is -0.137. The highest BCUT2D eigenvalue weighted by Gasteiger charge is 2.44. The predicted molar refractivity (Wildman–Crippen MR) is 181 cm³/mol. The van der Waals surface area contributed by atoms with E-state index in [1.54, 1.807) is 4.68 Å². The fraction of sp³-hybridized carbons (Fsp3) is 0.395. The number of nitrogens with zero attached hydrogens (tertiary/aromatic N) is 3. The van der Waals surface area contributed by atoms with Crippen molar-refractivity contribution >= 4 is 23.4 Å². The van der Waals surface area contributed by atoms with Gasteiger partial charge in [0.15, 0.2) is 0 Å². The maximum Gasteiger partial charge on any atom is 0.324 e. The van der Waals surface area contributed by atoms with Crippen molar-refractivity contribution in [3.05, 3.63) is 107 Å². The molecule has 2 aliphatic rings. The first kappa shape index (κ1) is 30.6. The van der Waals surface area contributed by atoms with Gasteiger partial charge in [-0.2, -0.15) is 5.10 Å². The molecule has 3 heterocycles. The molecule has 45 heavy (non-hydrogen) atoms. The average molecular weight is 604 g/mol. The van der Waals surface area contributed by atoms with Gasteiger partial charge in [0.25, 0.3) is 0 Å². The van der Waals surface area contributed by atoms with Crippen LogP contribution in [-0.2, 0) is 16.6 Å². The molecule has 3 unspecified atom stereocenters. The Bertz CT molecular complexity index is 1640. The summed E-state index contributed by atoms with van der Waals surface area (Å²) in [4.78, 5) is 29.0. The Balaban J connectivity index is 1.10. The second kappa shape index (κ2) is 12.5. The van der Waals surface area contributed by atoms with Crippen LogP contribution in [0.2, 0.25) is 0 Å². The van der Waals surface area contributed by atoms with E-state index in [0.29, 0.717) is 23.8 Å². The molecule has 0 radical (unpaired) electrons. The largest absolute Gasteiger partial charge is 0.336 e. The quantitative estimate of drug-likeness (QED) is 0.223. The lowest BCUT2D eigenvalue weighted by Crippen LogP contribution is -2.48. The highest BCUT2D eigenvalue weighted by atomic mass is 16.2. The van der Waals surface area contributed by atoms with Gasteiger partial charge >= 0.3 is 6.03 Å². The number of carbonyl (C=O) groups excluding carboxylic acids is 2. The van der Waals surface area contributed by atoms with Crippen molar-refractivity contribution in [1.82, 2.24) is 14.7 Å². The first-order valence-corrected chi connectivity index (χ1v) is 16.3. The van der Waals surface area contributed by atoms with Crippen LogP contribution in [0.15, 0.2) is 84.9 Å². The number of carbonyl (C=O) groups is 2. The molecule has 3 atom stereocenters. The van der Waals surface area contributed by atoms with Gasteiger partial charge in [-0.3, -0.25) is 10.1 Å². The zero-order chi connectivity index (χ0) is 31.7. The summed E-state index contributed by atoms with van der Waals surface area (Å²) in [6, 6.07) is 28.7. The number of rotatable bonds is 7. The fourth-order valence-electron chi connectivity index (χ4n) is 7.03. The first-order chi connectivity index (χ1) is 21.5. The number of fused-ring (bicyclic) bond motifs is 2. The summed E-state index contributed by atoms with van der Waals surface area (Å²) in [6.07, 6.45) is 5.18. The molecule has 2 fully saturated rings. The molecular weight excluding hydrogens is 558 g/mol. The topological polar surface area (TPSA) is 79.3 Å². The van der Waals surface area contributed by atoms with E-state index in [-0.39, 0.29) is 23.3 Å². The molecule has 7 heteroatoms. The summed E-state index contributed by atoms with van der Waals surface area (Å²) < 4.78 is 1.79. The number of hydrogen-bond acceptors (Lipinski definition) is 3. The molecule has 2 aliphatic heterocycles. The summed E-state index contributed by atoms with van der Waals surface area (Å²) in [5.74, 6) is 1.29. The summed E-state index contributed by atoms with van der Waals surface area (Å²) in [6.45, 7) is 10.4. The van der Waals surface area contributed by atoms with Crippen LogP contribution >= 0.6 is 0 Å². The van der Waals surface area contributed by atoms with Crippen LogP contribution in [0.1, 0.15) is 81.7 Å². The Hall–Kier alpha value is -4.39. The molecule has 2 N–H and O–H groups in total. The van der Waals surface area contributed by atoms with Crippen molar-refractivity contribution < 1.29 is 9.59 Å². The van der Waals surface area contributed by atoms with Gasteiger partial charge in [-0.15, -0.1) is 0 Å². The molecule has 1 aromatic heterocycles. The van der Waals surface area contributed by atoms with E-state index >= 15 is 0 Å². The number of urea groups is 1. The van der Waals surface area contributed by atoms with E-state index in [1.807, 2.05) is 67.6 Å². The van der Waals surface area contributed by atoms with Crippen LogP contribution in [0.4, 0.5) is 16.3 Å². The molecule has 4 aromatic rings. The number of anilines is 2. The van der Waals surface area contributed by atoms with Gasteiger partial charge in [-0.25, -0.2) is 9.48 Å². The van der Waals surface area contributed by atoms with Crippen molar-refractivity contribution in [2.24, 2.45) is 5.92 Å². The zero-order valence-electron chi connectivity index (χ0n) is 27.1. The molecular formula is C38H45N5O2. The van der Waals surface area contributed by atoms with Crippen molar-refractivity contribution in [1.29, 1.82) is 0 Å². The standard InChI is InChI=1S/C38H45N5O2/c1-25-14-16-31(17-15-25)43-35(24-34(41-43)38(3,4)5)40-37(45)39-30-13-9-10-27(21-30)20-28-22-32-18-19-33(23-28)42(32)36(44)26(2)29-11-7-6-8-12-29/h6-17,21,24,26,28,32-33H,18-20,22-23H2,1-5H3,(H2,39,40,45). The molecule has 234 valence electrons. The van der Waals surface area contributed by atoms with Crippen LogP contribution in [0.5, 0.6) is 0 Å². The third-order valence-corrected chi connectivity index (χ3v) is 9.46. The number of amides is 3. The van der Waals surface area contributed by atoms with Crippen molar-refractivity contribution in [2.75, 3.05) is 10.6 Å². The lowest BCUT2D eigenvalue weighted by atomic mass is 9.84. The summed E-state index contributed by atoms with van der Waals surface area (Å²) in [5.41, 5.74) is 5.84. The first-order valence-electron chi connectivity index (χ1n) is 16.3. The smallest absolute Gasteiger partial charge is 0.324 e.